The third-order valence-electron chi connectivity index (χ3n) is 3.05. The van der Waals surface area contributed by atoms with Gasteiger partial charge in [-0.2, -0.15) is 0 Å². The highest BCUT2D eigenvalue weighted by Crippen LogP contribution is 2.22. The van der Waals surface area contributed by atoms with Crippen LogP contribution in [-0.4, -0.2) is 37.7 Å². The molecule has 0 aliphatic rings. The van der Waals surface area contributed by atoms with E-state index in [1.165, 1.54) is 0 Å². The first-order valence-corrected chi connectivity index (χ1v) is 7.09. The monoisotopic (exact) mass is 287 g/mol. The molecule has 0 fully saturated rings. The summed E-state index contributed by atoms with van der Waals surface area (Å²) in [6.45, 7) is 13.2. The number of hydrogen-bond acceptors (Lipinski definition) is 3. The first-order chi connectivity index (χ1) is 9.93. The van der Waals surface area contributed by atoms with E-state index in [2.05, 4.69) is 35.8 Å². The molecule has 0 saturated heterocycles. The smallest absolute Gasteiger partial charge is 0.137 e. The Balaban J connectivity index is 2.84. The van der Waals surface area contributed by atoms with Crippen LogP contribution in [-0.2, 0) is 4.84 Å². The standard InChI is InChI=1S/C17H25N3O/c1-7-20(6)12-18-17-9-14(4)16(8-15(17)5)10-19-21-11-13(2)3/h8-10,12H,2,7,11H2,1,3-6H3/b18-12?,19-10+. The van der Waals surface area contributed by atoms with E-state index in [9.17, 15) is 0 Å². The summed E-state index contributed by atoms with van der Waals surface area (Å²) in [6.07, 6.45) is 3.59. The van der Waals surface area contributed by atoms with Gasteiger partial charge < -0.3 is 9.74 Å². The fourth-order valence-electron chi connectivity index (χ4n) is 1.59. The largest absolute Gasteiger partial charge is 0.391 e. The molecular formula is C17H25N3O. The predicted octanol–water partition coefficient (Wildman–Crippen LogP) is 3.84. The Morgan fingerprint density at radius 1 is 1.33 bits per heavy atom. The van der Waals surface area contributed by atoms with E-state index in [4.69, 9.17) is 4.84 Å². The Hall–Kier alpha value is -2.10. The average Bonchev–Trinajstić information content (AvgIpc) is 2.44. The molecule has 1 aromatic carbocycles. The van der Waals surface area contributed by atoms with Gasteiger partial charge in [0.1, 0.15) is 6.61 Å². The topological polar surface area (TPSA) is 37.2 Å². The van der Waals surface area contributed by atoms with E-state index >= 15 is 0 Å². The lowest BCUT2D eigenvalue weighted by molar-refractivity contribution is 0.170. The van der Waals surface area contributed by atoms with E-state index in [1.807, 2.05) is 39.1 Å². The SMILES string of the molecule is C=C(C)CO/N=C/c1cc(C)c(N=CN(C)CC)cc1C. The van der Waals surface area contributed by atoms with Crippen LogP contribution in [0.1, 0.15) is 30.5 Å². The average molecular weight is 287 g/mol. The van der Waals surface area contributed by atoms with Gasteiger partial charge in [0.2, 0.25) is 0 Å². The highest BCUT2D eigenvalue weighted by atomic mass is 16.6. The summed E-state index contributed by atoms with van der Waals surface area (Å²) in [5, 5.41) is 3.97. The third kappa shape index (κ3) is 5.81. The van der Waals surface area contributed by atoms with Gasteiger partial charge in [0.15, 0.2) is 0 Å². The maximum absolute atomic E-state index is 5.15. The van der Waals surface area contributed by atoms with Gasteiger partial charge in [0, 0.05) is 13.6 Å². The van der Waals surface area contributed by atoms with Crippen molar-refractivity contribution in [2.75, 3.05) is 20.2 Å². The second-order valence-electron chi connectivity index (χ2n) is 5.28. The molecule has 0 aliphatic heterocycles. The predicted molar refractivity (Wildman–Crippen MR) is 90.7 cm³/mol. The molecule has 21 heavy (non-hydrogen) atoms. The molecule has 0 unspecified atom stereocenters. The van der Waals surface area contributed by atoms with Crippen molar-refractivity contribution in [2.24, 2.45) is 10.1 Å². The number of hydrogen-bond donors (Lipinski definition) is 0. The molecule has 0 amide bonds. The molecule has 1 rings (SSSR count). The molecule has 1 aromatic rings. The quantitative estimate of drug-likeness (QED) is 0.331. The van der Waals surface area contributed by atoms with Crippen LogP contribution in [0, 0.1) is 13.8 Å². The Morgan fingerprint density at radius 2 is 2.05 bits per heavy atom. The maximum Gasteiger partial charge on any atom is 0.137 e. The zero-order valence-electron chi connectivity index (χ0n) is 13.7. The Morgan fingerprint density at radius 3 is 2.67 bits per heavy atom. The maximum atomic E-state index is 5.15. The minimum atomic E-state index is 0.445. The van der Waals surface area contributed by atoms with Crippen LogP contribution in [0.3, 0.4) is 0 Å². The van der Waals surface area contributed by atoms with Gasteiger partial charge in [0.05, 0.1) is 18.2 Å². The van der Waals surface area contributed by atoms with Crippen LogP contribution >= 0.6 is 0 Å². The fraction of sp³-hybridized carbons (Fsp3) is 0.412. The molecule has 4 heteroatoms. The van der Waals surface area contributed by atoms with Crippen molar-refractivity contribution in [1.82, 2.24) is 4.90 Å². The summed E-state index contributed by atoms with van der Waals surface area (Å²) < 4.78 is 0. The van der Waals surface area contributed by atoms with Crippen LogP contribution in [0.15, 0.2) is 34.4 Å². The van der Waals surface area contributed by atoms with Crippen molar-refractivity contribution < 1.29 is 4.84 Å². The molecule has 0 heterocycles. The lowest BCUT2D eigenvalue weighted by atomic mass is 10.0. The normalized spacial score (nSPS) is 11.3. The molecule has 0 bridgehead atoms. The molecule has 0 aliphatic carbocycles. The molecule has 0 spiro atoms. The molecule has 4 nitrogen and oxygen atoms in total. The molecule has 114 valence electrons. The van der Waals surface area contributed by atoms with Crippen molar-refractivity contribution in [3.8, 4) is 0 Å². The van der Waals surface area contributed by atoms with Crippen LogP contribution in [0.2, 0.25) is 0 Å². The fourth-order valence-corrected chi connectivity index (χ4v) is 1.59. The van der Waals surface area contributed by atoms with Crippen molar-refractivity contribution in [2.45, 2.75) is 27.7 Å². The minimum absolute atomic E-state index is 0.445. The second-order valence-corrected chi connectivity index (χ2v) is 5.28. The number of benzene rings is 1. The summed E-state index contributed by atoms with van der Waals surface area (Å²) in [5.41, 5.74) is 5.20. The zero-order chi connectivity index (χ0) is 15.8. The van der Waals surface area contributed by atoms with Crippen molar-refractivity contribution in [3.05, 3.63) is 41.0 Å². The highest BCUT2D eigenvalue weighted by Gasteiger charge is 2.02. The number of rotatable bonds is 7. The van der Waals surface area contributed by atoms with Gasteiger partial charge in [0.25, 0.3) is 0 Å². The zero-order valence-corrected chi connectivity index (χ0v) is 13.7. The first kappa shape index (κ1) is 17.0. The molecule has 0 aromatic heterocycles. The first-order valence-electron chi connectivity index (χ1n) is 7.09. The minimum Gasteiger partial charge on any atom is -0.391 e. The summed E-state index contributed by atoms with van der Waals surface area (Å²) >= 11 is 0. The summed E-state index contributed by atoms with van der Waals surface area (Å²) in [4.78, 5) is 11.7. The molecule has 0 atom stereocenters. The molecule has 0 radical (unpaired) electrons. The Bertz CT molecular complexity index is 547. The van der Waals surface area contributed by atoms with Gasteiger partial charge in [-0.15, -0.1) is 0 Å². The molecular weight excluding hydrogens is 262 g/mol. The second kappa shape index (κ2) is 8.25. The summed E-state index contributed by atoms with van der Waals surface area (Å²) in [6, 6.07) is 4.14. The highest BCUT2D eigenvalue weighted by molar-refractivity contribution is 5.83. The van der Waals surface area contributed by atoms with Crippen molar-refractivity contribution in [1.29, 1.82) is 0 Å². The summed E-state index contributed by atoms with van der Waals surface area (Å²) in [5.74, 6) is 0. The number of aryl methyl sites for hydroxylation is 2. The van der Waals surface area contributed by atoms with Gasteiger partial charge in [-0.3, -0.25) is 0 Å². The van der Waals surface area contributed by atoms with Crippen LogP contribution in [0.25, 0.3) is 0 Å². The van der Waals surface area contributed by atoms with E-state index in [-0.39, 0.29) is 0 Å². The van der Waals surface area contributed by atoms with Crippen LogP contribution in [0.4, 0.5) is 5.69 Å². The number of aliphatic imine (C=N–C) groups is 1. The van der Waals surface area contributed by atoms with Gasteiger partial charge >= 0.3 is 0 Å². The van der Waals surface area contributed by atoms with E-state index in [1.54, 1.807) is 6.21 Å². The lowest BCUT2D eigenvalue weighted by Gasteiger charge is -2.10. The van der Waals surface area contributed by atoms with E-state index in [0.717, 1.165) is 34.5 Å². The summed E-state index contributed by atoms with van der Waals surface area (Å²) in [7, 11) is 2.01. The van der Waals surface area contributed by atoms with Crippen molar-refractivity contribution >= 4 is 18.2 Å². The number of oxime groups is 1. The van der Waals surface area contributed by atoms with E-state index in [0.29, 0.717) is 6.61 Å². The van der Waals surface area contributed by atoms with Crippen LogP contribution in [0.5, 0.6) is 0 Å². The third-order valence-corrected chi connectivity index (χ3v) is 3.05. The molecule has 0 N–H and O–H groups in total. The van der Waals surface area contributed by atoms with Crippen molar-refractivity contribution in [3.63, 3.8) is 0 Å². The Labute approximate surface area is 127 Å². The van der Waals surface area contributed by atoms with Gasteiger partial charge in [-0.1, -0.05) is 11.7 Å². The van der Waals surface area contributed by atoms with Gasteiger partial charge in [-0.25, -0.2) is 4.99 Å². The lowest BCUT2D eigenvalue weighted by Crippen LogP contribution is -2.14. The number of nitrogens with zero attached hydrogens (tertiary/aromatic N) is 3. The van der Waals surface area contributed by atoms with E-state index < -0.39 is 0 Å². The van der Waals surface area contributed by atoms with Gasteiger partial charge in [-0.05, 0) is 62.1 Å². The Kier molecular flexibility index (Phi) is 6.66. The van der Waals surface area contributed by atoms with Crippen LogP contribution < -0.4 is 0 Å². The molecule has 0 saturated carbocycles.